The number of alkyl halides is 5. The second-order valence-corrected chi connectivity index (χ2v) is 13.7. The van der Waals surface area contributed by atoms with Crippen LogP contribution in [0.1, 0.15) is 80.1 Å². The lowest BCUT2D eigenvalue weighted by atomic mass is 9.50. The Balaban J connectivity index is 1.29. The van der Waals surface area contributed by atoms with E-state index >= 15 is 8.78 Å². The average Bonchev–Trinajstić information content (AvgIpc) is 3.30. The summed E-state index contributed by atoms with van der Waals surface area (Å²) in [7, 11) is 0. The molecule has 0 bridgehead atoms. The van der Waals surface area contributed by atoms with E-state index in [1.54, 1.807) is 30.3 Å². The van der Waals surface area contributed by atoms with Crippen LogP contribution in [-0.4, -0.2) is 78.8 Å². The summed E-state index contributed by atoms with van der Waals surface area (Å²) in [6.07, 6.45) is -2.22. The zero-order valence-electron chi connectivity index (χ0n) is 25.5. The standard InChI is InChI=1S/C34H41F5N2O4/c1-31-20-27(21-3-5-22(6-4-21)30(43)40-13-2-14-41-15-17-45-18-16-41)29-25-10-8-24(42)19-23(25)7-9-26(29)28(31)11-12-32(31,44)33(35,36)34(37,38)39/h3-6,19,26-28,44H,2,7-18,20H2,1H3,(H,40,43)/t26?,27-,28?,31+,32-/m1/s1. The van der Waals surface area contributed by atoms with Crippen LogP contribution in [0, 0.1) is 17.3 Å². The van der Waals surface area contributed by atoms with Gasteiger partial charge < -0.3 is 15.2 Å². The van der Waals surface area contributed by atoms with E-state index in [1.165, 1.54) is 6.92 Å². The van der Waals surface area contributed by atoms with Gasteiger partial charge in [0.15, 0.2) is 5.78 Å². The Morgan fingerprint density at radius 1 is 1.07 bits per heavy atom. The number of morpholine rings is 1. The number of amides is 1. The van der Waals surface area contributed by atoms with Gasteiger partial charge >= 0.3 is 12.1 Å². The number of nitrogens with one attached hydrogen (secondary N) is 1. The Bertz CT molecular complexity index is 1380. The zero-order valence-corrected chi connectivity index (χ0v) is 25.5. The number of fused-ring (bicyclic) bond motifs is 4. The number of halogens is 5. The molecule has 6 rings (SSSR count). The van der Waals surface area contributed by atoms with Crippen molar-refractivity contribution in [2.24, 2.45) is 17.3 Å². The highest BCUT2D eigenvalue weighted by molar-refractivity contribution is 5.94. The van der Waals surface area contributed by atoms with E-state index in [0.717, 1.165) is 42.8 Å². The Morgan fingerprint density at radius 2 is 1.78 bits per heavy atom. The average molecular weight is 637 g/mol. The van der Waals surface area contributed by atoms with Crippen LogP contribution in [0.4, 0.5) is 22.0 Å². The number of nitrogens with zero attached hydrogens (tertiary/aromatic N) is 1. The second kappa shape index (κ2) is 11.9. The maximum Gasteiger partial charge on any atom is 0.456 e. The summed E-state index contributed by atoms with van der Waals surface area (Å²) in [5.41, 5.74) is -0.903. The van der Waals surface area contributed by atoms with Crippen molar-refractivity contribution in [3.63, 3.8) is 0 Å². The molecule has 11 heteroatoms. The van der Waals surface area contributed by atoms with Gasteiger partial charge in [0.05, 0.1) is 13.2 Å². The molecule has 1 heterocycles. The van der Waals surface area contributed by atoms with Gasteiger partial charge in [-0.25, -0.2) is 0 Å². The minimum Gasteiger partial charge on any atom is -0.383 e. The summed E-state index contributed by atoms with van der Waals surface area (Å²) in [4.78, 5) is 27.4. The number of aliphatic hydroxyl groups is 1. The van der Waals surface area contributed by atoms with E-state index in [9.17, 15) is 27.9 Å². The Morgan fingerprint density at radius 3 is 2.47 bits per heavy atom. The van der Waals surface area contributed by atoms with Crippen LogP contribution in [0.5, 0.6) is 0 Å². The summed E-state index contributed by atoms with van der Waals surface area (Å²) in [6.45, 7) is 5.91. The molecular weight excluding hydrogens is 595 g/mol. The van der Waals surface area contributed by atoms with Crippen LogP contribution in [-0.2, 0) is 9.53 Å². The minimum atomic E-state index is -5.89. The quantitative estimate of drug-likeness (QED) is 0.285. The number of carbonyl (C=O) groups is 2. The van der Waals surface area contributed by atoms with Crippen molar-refractivity contribution in [3.05, 3.63) is 58.2 Å². The lowest BCUT2D eigenvalue weighted by Gasteiger charge is -2.56. The molecule has 2 saturated carbocycles. The normalized spacial score (nSPS) is 32.5. The third-order valence-electron chi connectivity index (χ3n) is 11.4. The number of ketones is 1. The Labute approximate surface area is 260 Å². The highest BCUT2D eigenvalue weighted by atomic mass is 19.4. The van der Waals surface area contributed by atoms with E-state index < -0.39 is 41.4 Å². The first-order valence-corrected chi connectivity index (χ1v) is 16.1. The number of rotatable bonds is 7. The monoisotopic (exact) mass is 636 g/mol. The third-order valence-corrected chi connectivity index (χ3v) is 11.4. The van der Waals surface area contributed by atoms with Gasteiger partial charge in [-0.3, -0.25) is 14.5 Å². The summed E-state index contributed by atoms with van der Waals surface area (Å²) in [6, 6.07) is 6.83. The van der Waals surface area contributed by atoms with Gasteiger partial charge in [-0.15, -0.1) is 0 Å². The Hall–Kier alpha value is -2.63. The first kappa shape index (κ1) is 32.3. The molecule has 246 valence electrons. The molecule has 2 N–H and O–H groups in total. The van der Waals surface area contributed by atoms with Gasteiger partial charge in [0.1, 0.15) is 5.60 Å². The third kappa shape index (κ3) is 5.46. The van der Waals surface area contributed by atoms with Crippen LogP contribution < -0.4 is 5.32 Å². The van der Waals surface area contributed by atoms with E-state index in [0.29, 0.717) is 56.6 Å². The van der Waals surface area contributed by atoms with Gasteiger partial charge in [-0.1, -0.05) is 24.6 Å². The number of allylic oxidation sites excluding steroid dienone is 4. The number of ether oxygens (including phenoxy) is 1. The molecule has 4 aliphatic carbocycles. The summed E-state index contributed by atoms with van der Waals surface area (Å²) in [5.74, 6) is -6.88. The van der Waals surface area contributed by atoms with Crippen molar-refractivity contribution in [1.29, 1.82) is 0 Å². The number of hydrogen-bond donors (Lipinski definition) is 2. The summed E-state index contributed by atoms with van der Waals surface area (Å²) < 4.78 is 77.1. The zero-order chi connectivity index (χ0) is 32.2. The topological polar surface area (TPSA) is 78.9 Å². The first-order chi connectivity index (χ1) is 21.3. The van der Waals surface area contributed by atoms with Gasteiger partial charge in [-0.05, 0) is 98.2 Å². The fourth-order valence-electron chi connectivity index (χ4n) is 9.01. The van der Waals surface area contributed by atoms with Crippen LogP contribution >= 0.6 is 0 Å². The van der Waals surface area contributed by atoms with Crippen LogP contribution in [0.2, 0.25) is 0 Å². The predicted octanol–water partition coefficient (Wildman–Crippen LogP) is 5.97. The number of carbonyl (C=O) groups excluding carboxylic acids is 2. The SMILES string of the molecule is C[C@]12C[C@H](c3ccc(C(=O)NCCCN4CCOCC4)cc3)C3=C4CCC(=O)C=C4CCC3C1CC[C@]2(O)C(F)(F)C(F)(F)F. The van der Waals surface area contributed by atoms with Crippen LogP contribution in [0.25, 0.3) is 0 Å². The van der Waals surface area contributed by atoms with Crippen molar-refractivity contribution >= 4 is 11.7 Å². The van der Waals surface area contributed by atoms with Crippen LogP contribution in [0.15, 0.2) is 47.1 Å². The van der Waals surface area contributed by atoms with Crippen molar-refractivity contribution < 1.29 is 41.4 Å². The van der Waals surface area contributed by atoms with Crippen molar-refractivity contribution in [2.45, 2.75) is 81.9 Å². The molecule has 1 saturated heterocycles. The summed E-state index contributed by atoms with van der Waals surface area (Å²) >= 11 is 0. The molecule has 1 aromatic rings. The van der Waals surface area contributed by atoms with E-state index in [-0.39, 0.29) is 30.4 Å². The van der Waals surface area contributed by atoms with Gasteiger partial charge in [-0.2, -0.15) is 22.0 Å². The molecule has 45 heavy (non-hydrogen) atoms. The fraction of sp³-hybridized carbons (Fsp3) is 0.647. The molecular formula is C34H41F5N2O4. The molecule has 5 atom stereocenters. The molecule has 1 amide bonds. The van der Waals surface area contributed by atoms with Gasteiger partial charge in [0, 0.05) is 43.0 Å². The highest BCUT2D eigenvalue weighted by Gasteiger charge is 2.79. The molecule has 0 radical (unpaired) electrons. The lowest BCUT2D eigenvalue weighted by molar-refractivity contribution is -0.362. The van der Waals surface area contributed by atoms with E-state index in [2.05, 4.69) is 10.2 Å². The van der Waals surface area contributed by atoms with E-state index in [1.807, 2.05) is 0 Å². The van der Waals surface area contributed by atoms with Crippen molar-refractivity contribution in [1.82, 2.24) is 10.2 Å². The highest BCUT2D eigenvalue weighted by Crippen LogP contribution is 2.70. The smallest absolute Gasteiger partial charge is 0.383 e. The maximum atomic E-state index is 15.2. The minimum absolute atomic E-state index is 0.0327. The molecule has 3 fully saturated rings. The Kier molecular flexibility index (Phi) is 8.52. The molecule has 0 aromatic heterocycles. The number of benzene rings is 1. The first-order valence-electron chi connectivity index (χ1n) is 16.1. The van der Waals surface area contributed by atoms with Gasteiger partial charge in [0.25, 0.3) is 5.91 Å². The predicted molar refractivity (Wildman–Crippen MR) is 157 cm³/mol. The lowest BCUT2D eigenvalue weighted by Crippen LogP contribution is -2.65. The molecule has 0 spiro atoms. The second-order valence-electron chi connectivity index (χ2n) is 13.7. The van der Waals surface area contributed by atoms with E-state index in [4.69, 9.17) is 4.74 Å². The molecule has 6 nitrogen and oxygen atoms in total. The van der Waals surface area contributed by atoms with Crippen molar-refractivity contribution in [3.8, 4) is 0 Å². The maximum absolute atomic E-state index is 15.2. The largest absolute Gasteiger partial charge is 0.456 e. The molecule has 1 aliphatic heterocycles. The fourth-order valence-corrected chi connectivity index (χ4v) is 9.01. The molecule has 2 unspecified atom stereocenters. The molecule has 5 aliphatic rings. The molecule has 1 aromatic carbocycles. The van der Waals surface area contributed by atoms with Crippen molar-refractivity contribution in [2.75, 3.05) is 39.4 Å². The summed E-state index contributed by atoms with van der Waals surface area (Å²) in [5, 5.41) is 14.4. The van der Waals surface area contributed by atoms with Crippen LogP contribution in [0.3, 0.4) is 0 Å². The van der Waals surface area contributed by atoms with Gasteiger partial charge in [0.2, 0.25) is 0 Å². The number of hydrogen-bond acceptors (Lipinski definition) is 5.